The van der Waals surface area contributed by atoms with Crippen molar-refractivity contribution < 1.29 is 9.59 Å². The predicted molar refractivity (Wildman–Crippen MR) is 107 cm³/mol. The van der Waals surface area contributed by atoms with E-state index in [0.717, 1.165) is 16.0 Å². The lowest BCUT2D eigenvalue weighted by atomic mass is 10.1. The number of nitrogens with zero attached hydrogens (tertiary/aromatic N) is 4. The molecule has 27 heavy (non-hydrogen) atoms. The summed E-state index contributed by atoms with van der Waals surface area (Å²) >= 11 is 2.72. The normalized spacial score (nSPS) is 13.7. The number of ketones is 1. The molecule has 0 bridgehead atoms. The number of amides is 1. The SMILES string of the molecule is CC(=O)C1=C(c2cccs2)N(C(C)=O)n2c(nnc2-c2ccc(C)cc2)S1. The molecule has 1 aromatic carbocycles. The first-order chi connectivity index (χ1) is 13.0. The van der Waals surface area contributed by atoms with Gasteiger partial charge in [0.15, 0.2) is 11.6 Å². The van der Waals surface area contributed by atoms with E-state index in [1.807, 2.05) is 48.7 Å². The summed E-state index contributed by atoms with van der Waals surface area (Å²) in [4.78, 5) is 26.3. The van der Waals surface area contributed by atoms with Crippen LogP contribution in [0.5, 0.6) is 0 Å². The summed E-state index contributed by atoms with van der Waals surface area (Å²) in [6, 6.07) is 11.7. The Morgan fingerprint density at radius 3 is 2.37 bits per heavy atom. The molecule has 0 fully saturated rings. The Bertz CT molecular complexity index is 1070. The molecule has 1 aliphatic rings. The Hall–Kier alpha value is -2.71. The standard InChI is InChI=1S/C19H16N4O2S2/c1-11-6-8-14(9-7-11)18-20-21-19-23(18)22(13(3)25)16(15-5-4-10-26-15)17(27-19)12(2)24/h4-10H,1-3H3. The van der Waals surface area contributed by atoms with Gasteiger partial charge < -0.3 is 0 Å². The first kappa shape index (κ1) is 17.7. The molecule has 0 radical (unpaired) electrons. The number of aryl methyl sites for hydroxylation is 1. The quantitative estimate of drug-likeness (QED) is 0.672. The highest BCUT2D eigenvalue weighted by atomic mass is 32.2. The van der Waals surface area contributed by atoms with Gasteiger partial charge in [-0.15, -0.1) is 21.5 Å². The highest BCUT2D eigenvalue weighted by Crippen LogP contribution is 2.42. The second-order valence-electron chi connectivity index (χ2n) is 6.13. The summed E-state index contributed by atoms with van der Waals surface area (Å²) in [5.74, 6) is 0.233. The highest BCUT2D eigenvalue weighted by molar-refractivity contribution is 8.04. The topological polar surface area (TPSA) is 68.1 Å². The fraction of sp³-hybridized carbons (Fsp3) is 0.158. The van der Waals surface area contributed by atoms with Crippen LogP contribution in [0.3, 0.4) is 0 Å². The van der Waals surface area contributed by atoms with Crippen LogP contribution in [0.1, 0.15) is 24.3 Å². The monoisotopic (exact) mass is 396 g/mol. The lowest BCUT2D eigenvalue weighted by molar-refractivity contribution is -0.117. The number of hydrogen-bond donors (Lipinski definition) is 0. The molecule has 6 nitrogen and oxygen atoms in total. The van der Waals surface area contributed by atoms with Gasteiger partial charge in [0.1, 0.15) is 5.70 Å². The maximum atomic E-state index is 12.7. The third-order valence-corrected chi connectivity index (χ3v) is 6.11. The molecule has 2 aromatic heterocycles. The average molecular weight is 396 g/mol. The van der Waals surface area contributed by atoms with Gasteiger partial charge in [-0.2, -0.15) is 4.68 Å². The van der Waals surface area contributed by atoms with Crippen LogP contribution in [0.15, 0.2) is 51.8 Å². The summed E-state index contributed by atoms with van der Waals surface area (Å²) in [5, 5.41) is 12.5. The summed E-state index contributed by atoms with van der Waals surface area (Å²) in [6.45, 7) is 4.99. The second kappa shape index (κ2) is 6.79. The number of Topliss-reactive ketones (excluding diaryl/α,β-unsaturated/α-hetero) is 1. The van der Waals surface area contributed by atoms with E-state index in [9.17, 15) is 9.59 Å². The molecule has 3 heterocycles. The average Bonchev–Trinajstić information content (AvgIpc) is 3.30. The van der Waals surface area contributed by atoms with Crippen LogP contribution < -0.4 is 5.01 Å². The van der Waals surface area contributed by atoms with E-state index in [1.54, 1.807) is 4.68 Å². The smallest absolute Gasteiger partial charge is 0.243 e. The van der Waals surface area contributed by atoms with Crippen LogP contribution in [0.25, 0.3) is 17.1 Å². The molecule has 136 valence electrons. The number of carbonyl (C=O) groups excluding carboxylic acids is 2. The molecule has 0 saturated carbocycles. The van der Waals surface area contributed by atoms with Crippen molar-refractivity contribution >= 4 is 40.5 Å². The number of carbonyl (C=O) groups is 2. The third-order valence-electron chi connectivity index (χ3n) is 4.11. The summed E-state index contributed by atoms with van der Waals surface area (Å²) in [7, 11) is 0. The number of benzene rings is 1. The number of rotatable bonds is 3. The highest BCUT2D eigenvalue weighted by Gasteiger charge is 2.35. The van der Waals surface area contributed by atoms with Gasteiger partial charge in [-0.05, 0) is 37.1 Å². The summed E-state index contributed by atoms with van der Waals surface area (Å²) in [6.07, 6.45) is 0. The largest absolute Gasteiger partial charge is 0.294 e. The Kier molecular flexibility index (Phi) is 4.45. The van der Waals surface area contributed by atoms with Crippen LogP contribution in [0.4, 0.5) is 0 Å². The molecule has 8 heteroatoms. The molecular weight excluding hydrogens is 380 g/mol. The summed E-state index contributed by atoms with van der Waals surface area (Å²) < 4.78 is 1.69. The Labute approximate surface area is 164 Å². The van der Waals surface area contributed by atoms with Crippen molar-refractivity contribution in [1.29, 1.82) is 0 Å². The van der Waals surface area contributed by atoms with Gasteiger partial charge in [0.2, 0.25) is 11.1 Å². The van der Waals surface area contributed by atoms with Gasteiger partial charge in [0, 0.05) is 12.5 Å². The van der Waals surface area contributed by atoms with Gasteiger partial charge >= 0.3 is 0 Å². The van der Waals surface area contributed by atoms with E-state index in [2.05, 4.69) is 10.2 Å². The maximum absolute atomic E-state index is 12.7. The van der Waals surface area contributed by atoms with Gasteiger partial charge in [-0.1, -0.05) is 35.9 Å². The molecular formula is C19H16N4O2S2. The lowest BCUT2D eigenvalue weighted by Crippen LogP contribution is -2.41. The molecule has 0 N–H and O–H groups in total. The van der Waals surface area contributed by atoms with E-state index < -0.39 is 0 Å². The number of allylic oxidation sites excluding steroid dienone is 1. The zero-order valence-electron chi connectivity index (χ0n) is 15.0. The Morgan fingerprint density at radius 2 is 1.78 bits per heavy atom. The second-order valence-corrected chi connectivity index (χ2v) is 8.05. The minimum Gasteiger partial charge on any atom is -0.294 e. The number of thiophene rings is 1. The van der Waals surface area contributed by atoms with Gasteiger partial charge in [0.05, 0.1) is 9.78 Å². The zero-order valence-corrected chi connectivity index (χ0v) is 16.6. The van der Waals surface area contributed by atoms with Crippen molar-refractivity contribution in [3.05, 3.63) is 57.1 Å². The van der Waals surface area contributed by atoms with E-state index >= 15 is 0 Å². The number of hydrogen-bond acceptors (Lipinski definition) is 6. The summed E-state index contributed by atoms with van der Waals surface area (Å²) in [5.41, 5.74) is 2.56. The van der Waals surface area contributed by atoms with Crippen molar-refractivity contribution in [3.63, 3.8) is 0 Å². The van der Waals surface area contributed by atoms with Crippen LogP contribution >= 0.6 is 23.1 Å². The molecule has 0 atom stereocenters. The van der Waals surface area contributed by atoms with Crippen LogP contribution in [-0.4, -0.2) is 26.6 Å². The van der Waals surface area contributed by atoms with Crippen molar-refractivity contribution in [1.82, 2.24) is 14.9 Å². The van der Waals surface area contributed by atoms with Crippen LogP contribution in [0.2, 0.25) is 0 Å². The third kappa shape index (κ3) is 3.00. The van der Waals surface area contributed by atoms with E-state index in [4.69, 9.17) is 0 Å². The zero-order chi connectivity index (χ0) is 19.1. The van der Waals surface area contributed by atoms with E-state index in [1.165, 1.54) is 42.0 Å². The van der Waals surface area contributed by atoms with Crippen molar-refractivity contribution in [2.75, 3.05) is 5.01 Å². The van der Waals surface area contributed by atoms with E-state index in [0.29, 0.717) is 21.6 Å². The first-order valence-electron chi connectivity index (χ1n) is 8.27. The van der Waals surface area contributed by atoms with Gasteiger partial charge in [-0.3, -0.25) is 9.59 Å². The fourth-order valence-corrected chi connectivity index (χ4v) is 4.68. The van der Waals surface area contributed by atoms with E-state index in [-0.39, 0.29) is 11.7 Å². The van der Waals surface area contributed by atoms with Crippen molar-refractivity contribution in [3.8, 4) is 11.4 Å². The molecule has 0 aliphatic carbocycles. The lowest BCUT2D eigenvalue weighted by Gasteiger charge is -2.31. The molecule has 0 spiro atoms. The number of aromatic nitrogens is 3. The Morgan fingerprint density at radius 1 is 1.04 bits per heavy atom. The molecule has 0 unspecified atom stereocenters. The van der Waals surface area contributed by atoms with Crippen LogP contribution in [0, 0.1) is 6.92 Å². The number of fused-ring (bicyclic) bond motifs is 1. The molecule has 0 saturated heterocycles. The van der Waals surface area contributed by atoms with Crippen molar-refractivity contribution in [2.45, 2.75) is 25.9 Å². The molecule has 1 amide bonds. The minimum atomic E-state index is -0.216. The first-order valence-corrected chi connectivity index (χ1v) is 9.97. The number of thioether (sulfide) groups is 1. The van der Waals surface area contributed by atoms with Crippen LogP contribution in [-0.2, 0) is 9.59 Å². The Balaban J connectivity index is 1.96. The predicted octanol–water partition coefficient (Wildman–Crippen LogP) is 3.86. The van der Waals surface area contributed by atoms with Gasteiger partial charge in [0.25, 0.3) is 0 Å². The molecule has 4 rings (SSSR count). The minimum absolute atomic E-state index is 0.110. The molecule has 3 aromatic rings. The maximum Gasteiger partial charge on any atom is 0.243 e. The molecule has 1 aliphatic heterocycles. The van der Waals surface area contributed by atoms with Gasteiger partial charge in [-0.25, -0.2) is 5.01 Å². The fourth-order valence-electron chi connectivity index (χ4n) is 2.89. The van der Waals surface area contributed by atoms with Crippen molar-refractivity contribution in [2.24, 2.45) is 0 Å².